The molecule has 1 aromatic carbocycles. The van der Waals surface area contributed by atoms with Gasteiger partial charge in [-0.05, 0) is 56.0 Å². The van der Waals surface area contributed by atoms with Crippen molar-refractivity contribution in [1.29, 1.82) is 0 Å². The Kier molecular flexibility index (Phi) is 7.05. The summed E-state index contributed by atoms with van der Waals surface area (Å²) in [4.78, 5) is 25.0. The van der Waals surface area contributed by atoms with E-state index in [9.17, 15) is 4.79 Å². The number of carbonyl (C=O) groups is 1. The number of ether oxygens (including phenoxy) is 1. The number of urea groups is 1. The largest absolute Gasteiger partial charge is 0.491 e. The number of amides is 2. The number of halogens is 2. The average Bonchev–Trinajstić information content (AvgIpc) is 3.06. The molecule has 0 fully saturated rings. The number of benzene rings is 1. The zero-order valence-electron chi connectivity index (χ0n) is 17.5. The van der Waals surface area contributed by atoms with Crippen LogP contribution in [0.5, 0.6) is 5.75 Å². The average molecular weight is 498 g/mol. The molecule has 8 nitrogen and oxygen atoms in total. The first-order chi connectivity index (χ1) is 14.2. The van der Waals surface area contributed by atoms with Crippen molar-refractivity contribution in [2.24, 2.45) is 0 Å². The molecule has 3 N–H and O–H groups in total. The van der Waals surface area contributed by atoms with Gasteiger partial charge in [-0.25, -0.2) is 14.8 Å². The number of nitrogen functional groups attached to an aromatic ring is 1. The summed E-state index contributed by atoms with van der Waals surface area (Å²) in [5, 5.41) is 3.41. The molecule has 0 aliphatic carbocycles. The third-order valence-electron chi connectivity index (χ3n) is 4.57. The summed E-state index contributed by atoms with van der Waals surface area (Å²) >= 11 is 10.1. The molecule has 2 aromatic rings. The fourth-order valence-electron chi connectivity index (χ4n) is 3.14. The Balaban J connectivity index is 1.95. The molecule has 0 bridgehead atoms. The van der Waals surface area contributed by atoms with E-state index in [4.69, 9.17) is 22.1 Å². The Labute approximate surface area is 189 Å². The van der Waals surface area contributed by atoms with Crippen LogP contribution >= 0.6 is 27.5 Å². The summed E-state index contributed by atoms with van der Waals surface area (Å²) in [6, 6.07) is 3.52. The van der Waals surface area contributed by atoms with E-state index in [2.05, 4.69) is 31.2 Å². The maximum atomic E-state index is 12.5. The van der Waals surface area contributed by atoms with Gasteiger partial charge < -0.3 is 25.6 Å². The minimum atomic E-state index is -0.151. The van der Waals surface area contributed by atoms with Gasteiger partial charge in [-0.3, -0.25) is 0 Å². The summed E-state index contributed by atoms with van der Waals surface area (Å²) in [6.07, 6.45) is 0. The Morgan fingerprint density at radius 3 is 2.77 bits per heavy atom. The number of aromatic nitrogens is 2. The molecule has 0 radical (unpaired) electrons. The van der Waals surface area contributed by atoms with E-state index in [1.54, 1.807) is 11.0 Å². The molecule has 1 aromatic heterocycles. The molecule has 30 heavy (non-hydrogen) atoms. The second kappa shape index (κ2) is 9.36. The molecule has 2 heterocycles. The SMILES string of the molecule is CC(C)NC(=O)N1Cc2nc(N)nc(-c3cc(OCCN(C)C)c(Br)cc3Cl)c2C1. The van der Waals surface area contributed by atoms with Crippen LogP contribution in [0.25, 0.3) is 11.3 Å². The van der Waals surface area contributed by atoms with Crippen LogP contribution in [-0.4, -0.2) is 59.1 Å². The number of rotatable bonds is 6. The van der Waals surface area contributed by atoms with Gasteiger partial charge in [0.2, 0.25) is 5.95 Å². The molecule has 3 rings (SSSR count). The fraction of sp³-hybridized carbons (Fsp3) is 0.450. The smallest absolute Gasteiger partial charge is 0.318 e. The third-order valence-corrected chi connectivity index (χ3v) is 5.50. The number of nitrogens with zero attached hydrogens (tertiary/aromatic N) is 4. The van der Waals surface area contributed by atoms with Crippen LogP contribution in [-0.2, 0) is 13.1 Å². The molecule has 10 heteroatoms. The van der Waals surface area contributed by atoms with Crippen LogP contribution in [0, 0.1) is 0 Å². The minimum Gasteiger partial charge on any atom is -0.491 e. The van der Waals surface area contributed by atoms with Gasteiger partial charge in [0.05, 0.1) is 34.0 Å². The third kappa shape index (κ3) is 5.14. The lowest BCUT2D eigenvalue weighted by atomic mass is 10.1. The van der Waals surface area contributed by atoms with E-state index in [-0.39, 0.29) is 18.0 Å². The van der Waals surface area contributed by atoms with Crippen LogP contribution in [0.15, 0.2) is 16.6 Å². The van der Waals surface area contributed by atoms with E-state index in [1.807, 2.05) is 38.9 Å². The summed E-state index contributed by atoms with van der Waals surface area (Å²) in [5.74, 6) is 0.804. The quantitative estimate of drug-likeness (QED) is 0.634. The van der Waals surface area contributed by atoms with Gasteiger partial charge in [0.25, 0.3) is 0 Å². The van der Waals surface area contributed by atoms with E-state index >= 15 is 0 Å². The molecule has 0 saturated heterocycles. The second-order valence-corrected chi connectivity index (χ2v) is 8.99. The fourth-order valence-corrected chi connectivity index (χ4v) is 3.98. The van der Waals surface area contributed by atoms with Gasteiger partial charge in [0.1, 0.15) is 12.4 Å². The van der Waals surface area contributed by atoms with Crippen LogP contribution in [0.2, 0.25) is 5.02 Å². The highest BCUT2D eigenvalue weighted by Gasteiger charge is 2.29. The van der Waals surface area contributed by atoms with E-state index in [0.717, 1.165) is 22.3 Å². The van der Waals surface area contributed by atoms with Crippen molar-refractivity contribution in [2.75, 3.05) is 33.0 Å². The van der Waals surface area contributed by atoms with Crippen LogP contribution in [0.4, 0.5) is 10.7 Å². The van der Waals surface area contributed by atoms with E-state index in [0.29, 0.717) is 41.7 Å². The summed E-state index contributed by atoms with van der Waals surface area (Å²) < 4.78 is 6.68. The number of fused-ring (bicyclic) bond motifs is 1. The molecule has 1 aliphatic rings. The molecular weight excluding hydrogens is 472 g/mol. The number of nitrogens with two attached hydrogens (primary N) is 1. The number of nitrogens with one attached hydrogen (secondary N) is 1. The lowest BCUT2D eigenvalue weighted by molar-refractivity contribution is 0.195. The molecule has 0 atom stereocenters. The van der Waals surface area contributed by atoms with Crippen LogP contribution < -0.4 is 15.8 Å². The zero-order valence-corrected chi connectivity index (χ0v) is 19.8. The van der Waals surface area contributed by atoms with Crippen LogP contribution in [0.3, 0.4) is 0 Å². The maximum Gasteiger partial charge on any atom is 0.318 e. The Morgan fingerprint density at radius 2 is 2.10 bits per heavy atom. The van der Waals surface area contributed by atoms with Crippen molar-refractivity contribution in [3.63, 3.8) is 0 Å². The molecule has 162 valence electrons. The predicted molar refractivity (Wildman–Crippen MR) is 122 cm³/mol. The maximum absolute atomic E-state index is 12.5. The van der Waals surface area contributed by atoms with Crippen molar-refractivity contribution >= 4 is 39.5 Å². The molecule has 1 aliphatic heterocycles. The first-order valence-electron chi connectivity index (χ1n) is 9.63. The standard InChI is InChI=1S/C20H26BrClN6O2/c1-11(2)24-20(29)28-9-13-16(10-28)25-19(23)26-18(13)12-7-17(14(21)8-15(12)22)30-6-5-27(3)4/h7-8,11H,5-6,9-10H2,1-4H3,(H,24,29)(H2,23,25,26). The van der Waals surface area contributed by atoms with Gasteiger partial charge in [-0.15, -0.1) is 0 Å². The number of hydrogen-bond donors (Lipinski definition) is 2. The zero-order chi connectivity index (χ0) is 22.0. The Bertz CT molecular complexity index is 953. The van der Waals surface area contributed by atoms with Crippen molar-refractivity contribution < 1.29 is 9.53 Å². The monoisotopic (exact) mass is 496 g/mol. The molecule has 2 amide bonds. The van der Waals surface area contributed by atoms with Crippen molar-refractivity contribution in [3.05, 3.63) is 32.9 Å². The van der Waals surface area contributed by atoms with Crippen molar-refractivity contribution in [2.45, 2.75) is 33.0 Å². The summed E-state index contributed by atoms with van der Waals surface area (Å²) in [6.45, 7) is 5.90. The molecule has 0 saturated carbocycles. The highest BCUT2D eigenvalue weighted by atomic mass is 79.9. The minimum absolute atomic E-state index is 0.0413. The topological polar surface area (TPSA) is 96.6 Å². The van der Waals surface area contributed by atoms with Gasteiger partial charge in [-0.2, -0.15) is 0 Å². The number of hydrogen-bond acceptors (Lipinski definition) is 6. The second-order valence-electron chi connectivity index (χ2n) is 7.73. The van der Waals surface area contributed by atoms with Crippen molar-refractivity contribution in [3.8, 4) is 17.0 Å². The number of likely N-dealkylation sites (N-methyl/N-ethyl adjacent to an activating group) is 1. The molecule has 0 spiro atoms. The van der Waals surface area contributed by atoms with Gasteiger partial charge in [-0.1, -0.05) is 11.6 Å². The Morgan fingerprint density at radius 1 is 1.37 bits per heavy atom. The highest BCUT2D eigenvalue weighted by Crippen LogP contribution is 2.40. The number of carbonyl (C=O) groups excluding carboxylic acids is 1. The van der Waals surface area contributed by atoms with Gasteiger partial charge >= 0.3 is 6.03 Å². The van der Waals surface area contributed by atoms with Gasteiger partial charge in [0, 0.05) is 23.7 Å². The molecule has 0 unspecified atom stereocenters. The Hall–Kier alpha value is -2.10. The first-order valence-corrected chi connectivity index (χ1v) is 10.8. The van der Waals surface area contributed by atoms with Gasteiger partial charge in [0.15, 0.2) is 0 Å². The number of anilines is 1. The normalized spacial score (nSPS) is 13.1. The van der Waals surface area contributed by atoms with E-state index in [1.165, 1.54) is 0 Å². The van der Waals surface area contributed by atoms with E-state index < -0.39 is 0 Å². The molecular formula is C20H26BrClN6O2. The first kappa shape index (κ1) is 22.6. The predicted octanol–water partition coefficient (Wildman–Crippen LogP) is 3.52. The summed E-state index contributed by atoms with van der Waals surface area (Å²) in [5.41, 5.74) is 8.85. The lowest BCUT2D eigenvalue weighted by Gasteiger charge is -2.18. The highest BCUT2D eigenvalue weighted by molar-refractivity contribution is 9.10. The summed E-state index contributed by atoms with van der Waals surface area (Å²) in [7, 11) is 3.97. The lowest BCUT2D eigenvalue weighted by Crippen LogP contribution is -2.40. The van der Waals surface area contributed by atoms with Crippen molar-refractivity contribution in [1.82, 2.24) is 25.1 Å². The van der Waals surface area contributed by atoms with Crippen LogP contribution in [0.1, 0.15) is 25.1 Å².